The fourth-order valence-corrected chi connectivity index (χ4v) is 1.37. The summed E-state index contributed by atoms with van der Waals surface area (Å²) in [7, 11) is 0. The van der Waals surface area contributed by atoms with Crippen LogP contribution in [0.1, 0.15) is 6.92 Å². The number of fused-ring (bicyclic) bond motifs is 1. The summed E-state index contributed by atoms with van der Waals surface area (Å²) in [6.07, 6.45) is 0. The van der Waals surface area contributed by atoms with Crippen molar-refractivity contribution in [2.75, 3.05) is 24.2 Å². The molecule has 0 bridgehead atoms. The second-order valence-corrected chi connectivity index (χ2v) is 4.22. The number of aliphatic hydroxyl groups excluding tert-OH is 1. The van der Waals surface area contributed by atoms with E-state index in [0.29, 0.717) is 16.8 Å². The van der Waals surface area contributed by atoms with Crippen LogP contribution in [0, 0.1) is 0 Å². The Morgan fingerprint density at radius 3 is 2.94 bits per heavy atom. The van der Waals surface area contributed by atoms with Crippen molar-refractivity contribution in [3.63, 3.8) is 0 Å². The number of para-hydroxylation sites is 1. The van der Waals surface area contributed by atoms with Crippen LogP contribution in [0.3, 0.4) is 0 Å². The first kappa shape index (κ1) is 11.7. The van der Waals surface area contributed by atoms with E-state index < -0.39 is 5.60 Å². The molecule has 0 spiro atoms. The van der Waals surface area contributed by atoms with Gasteiger partial charge in [-0.1, -0.05) is 6.07 Å². The van der Waals surface area contributed by atoms with E-state index in [9.17, 15) is 5.11 Å². The summed E-state index contributed by atoms with van der Waals surface area (Å²) in [5.41, 5.74) is 6.22. The highest BCUT2D eigenvalue weighted by molar-refractivity contribution is 5.86. The number of benzene rings is 1. The van der Waals surface area contributed by atoms with E-state index in [0.717, 1.165) is 0 Å². The molecule has 0 aliphatic carbocycles. The van der Waals surface area contributed by atoms with E-state index in [1.54, 1.807) is 18.2 Å². The van der Waals surface area contributed by atoms with Gasteiger partial charge in [0.1, 0.15) is 11.1 Å². The van der Waals surface area contributed by atoms with Crippen molar-refractivity contribution < 1.29 is 14.6 Å². The predicted molar refractivity (Wildman–Crippen MR) is 64.6 cm³/mol. The highest BCUT2D eigenvalue weighted by atomic mass is 16.4. The number of hydrogen-bond acceptors (Lipinski definition) is 6. The lowest BCUT2D eigenvalue weighted by Crippen LogP contribution is -2.37. The molecule has 0 radical (unpaired) electrons. The Hall–Kier alpha value is -1.79. The maximum Gasteiger partial charge on any atom is 0.295 e. The van der Waals surface area contributed by atoms with Gasteiger partial charge in [-0.15, -0.1) is 0 Å². The number of nitrogens with two attached hydrogens (primary N) is 1. The lowest BCUT2D eigenvalue weighted by atomic mass is 10.1. The van der Waals surface area contributed by atoms with Crippen molar-refractivity contribution in [1.29, 1.82) is 0 Å². The molecule has 1 aromatic heterocycles. The molecule has 92 valence electrons. The third kappa shape index (κ3) is 2.48. The number of aromatic nitrogens is 1. The van der Waals surface area contributed by atoms with Gasteiger partial charge in [-0.2, -0.15) is 4.98 Å². The van der Waals surface area contributed by atoms with Crippen LogP contribution >= 0.6 is 0 Å². The summed E-state index contributed by atoms with van der Waals surface area (Å²) in [5.74, 6) is 0. The van der Waals surface area contributed by atoms with E-state index in [1.165, 1.54) is 6.92 Å². The van der Waals surface area contributed by atoms with Gasteiger partial charge in [-0.3, -0.25) is 0 Å². The molecule has 2 aromatic rings. The van der Waals surface area contributed by atoms with E-state index >= 15 is 0 Å². The van der Waals surface area contributed by atoms with Crippen LogP contribution in [0.2, 0.25) is 0 Å². The summed E-state index contributed by atoms with van der Waals surface area (Å²) < 4.78 is 5.39. The quantitative estimate of drug-likeness (QED) is 0.579. The summed E-state index contributed by atoms with van der Waals surface area (Å²) >= 11 is 0. The Bertz CT molecular complexity index is 522. The summed E-state index contributed by atoms with van der Waals surface area (Å²) in [4.78, 5) is 4.15. The minimum absolute atomic E-state index is 0.135. The maximum absolute atomic E-state index is 9.61. The van der Waals surface area contributed by atoms with Gasteiger partial charge in [0.2, 0.25) is 0 Å². The van der Waals surface area contributed by atoms with Crippen LogP contribution in [0.15, 0.2) is 22.6 Å². The number of oxazole rings is 1. The first-order chi connectivity index (χ1) is 8.02. The number of aliphatic hydroxyl groups is 2. The van der Waals surface area contributed by atoms with Gasteiger partial charge in [0.05, 0.1) is 12.3 Å². The fourth-order valence-electron chi connectivity index (χ4n) is 1.37. The zero-order valence-corrected chi connectivity index (χ0v) is 9.47. The van der Waals surface area contributed by atoms with Crippen molar-refractivity contribution in [1.82, 2.24) is 4.98 Å². The molecule has 1 aromatic carbocycles. The van der Waals surface area contributed by atoms with E-state index in [1.807, 2.05) is 0 Å². The number of nitrogens with zero attached hydrogens (tertiary/aromatic N) is 1. The second kappa shape index (κ2) is 4.23. The van der Waals surface area contributed by atoms with Crippen molar-refractivity contribution in [2.45, 2.75) is 12.5 Å². The van der Waals surface area contributed by atoms with Crippen LogP contribution in [0.25, 0.3) is 11.1 Å². The topological polar surface area (TPSA) is 105 Å². The highest BCUT2D eigenvalue weighted by Crippen LogP contribution is 2.23. The van der Waals surface area contributed by atoms with Crippen molar-refractivity contribution in [2.24, 2.45) is 0 Å². The van der Waals surface area contributed by atoms with Gasteiger partial charge < -0.3 is 25.7 Å². The molecule has 0 aliphatic rings. The van der Waals surface area contributed by atoms with Crippen molar-refractivity contribution in [3.05, 3.63) is 18.2 Å². The number of hydrogen-bond donors (Lipinski definition) is 4. The number of anilines is 2. The van der Waals surface area contributed by atoms with E-state index in [4.69, 9.17) is 15.3 Å². The SMILES string of the molecule is CC(O)(CO)CNc1nc2c(N)cccc2o1. The monoisotopic (exact) mass is 237 g/mol. The molecule has 1 unspecified atom stereocenters. The maximum atomic E-state index is 9.61. The van der Waals surface area contributed by atoms with Gasteiger partial charge in [-0.25, -0.2) is 0 Å². The minimum Gasteiger partial charge on any atom is -0.423 e. The Labute approximate surface area is 98.1 Å². The zero-order valence-electron chi connectivity index (χ0n) is 9.47. The average molecular weight is 237 g/mol. The molecule has 0 aliphatic heterocycles. The molecule has 1 atom stereocenters. The molecule has 6 heteroatoms. The number of rotatable bonds is 4. The van der Waals surface area contributed by atoms with Gasteiger partial charge >= 0.3 is 0 Å². The van der Waals surface area contributed by atoms with Crippen LogP contribution in [-0.4, -0.2) is 33.9 Å². The number of nitrogen functional groups attached to an aromatic ring is 1. The molecule has 17 heavy (non-hydrogen) atoms. The second-order valence-electron chi connectivity index (χ2n) is 4.22. The normalized spacial score (nSPS) is 14.8. The first-order valence-corrected chi connectivity index (χ1v) is 5.24. The summed E-state index contributed by atoms with van der Waals surface area (Å²) in [6.45, 7) is 1.30. The average Bonchev–Trinajstić information content (AvgIpc) is 2.71. The largest absolute Gasteiger partial charge is 0.423 e. The lowest BCUT2D eigenvalue weighted by Gasteiger charge is -2.19. The Morgan fingerprint density at radius 2 is 2.29 bits per heavy atom. The van der Waals surface area contributed by atoms with Gasteiger partial charge in [0, 0.05) is 6.54 Å². The molecule has 0 saturated carbocycles. The highest BCUT2D eigenvalue weighted by Gasteiger charge is 2.19. The third-order valence-electron chi connectivity index (χ3n) is 2.41. The van der Waals surface area contributed by atoms with Gasteiger partial charge in [-0.05, 0) is 19.1 Å². The van der Waals surface area contributed by atoms with E-state index in [-0.39, 0.29) is 19.2 Å². The first-order valence-electron chi connectivity index (χ1n) is 5.24. The molecular formula is C11H15N3O3. The van der Waals surface area contributed by atoms with Crippen molar-refractivity contribution >= 4 is 22.8 Å². The third-order valence-corrected chi connectivity index (χ3v) is 2.41. The molecule has 0 fully saturated rings. The molecule has 6 nitrogen and oxygen atoms in total. The Morgan fingerprint density at radius 1 is 1.53 bits per heavy atom. The van der Waals surface area contributed by atoms with Crippen LogP contribution in [0.4, 0.5) is 11.7 Å². The number of nitrogens with one attached hydrogen (secondary N) is 1. The minimum atomic E-state index is -1.22. The lowest BCUT2D eigenvalue weighted by molar-refractivity contribution is 0.0129. The molecule has 1 heterocycles. The Kier molecular flexibility index (Phi) is 2.91. The van der Waals surface area contributed by atoms with E-state index in [2.05, 4.69) is 10.3 Å². The van der Waals surface area contributed by atoms with Gasteiger partial charge in [0.15, 0.2) is 5.58 Å². The molecule has 0 amide bonds. The summed E-state index contributed by atoms with van der Waals surface area (Å²) in [5, 5.41) is 21.3. The standard InChI is InChI=1S/C11H15N3O3/c1-11(16,6-15)5-13-10-14-9-7(12)3-2-4-8(9)17-10/h2-4,15-16H,5-6,12H2,1H3,(H,13,14). The molecular weight excluding hydrogens is 222 g/mol. The molecule has 0 saturated heterocycles. The fraction of sp³-hybridized carbons (Fsp3) is 0.364. The molecule has 5 N–H and O–H groups in total. The van der Waals surface area contributed by atoms with Crippen molar-refractivity contribution in [3.8, 4) is 0 Å². The predicted octanol–water partition coefficient (Wildman–Crippen LogP) is 0.565. The van der Waals surface area contributed by atoms with Gasteiger partial charge in [0.25, 0.3) is 6.01 Å². The van der Waals surface area contributed by atoms with Crippen LogP contribution < -0.4 is 11.1 Å². The Balaban J connectivity index is 2.18. The smallest absolute Gasteiger partial charge is 0.295 e. The van der Waals surface area contributed by atoms with Crippen LogP contribution in [0.5, 0.6) is 0 Å². The van der Waals surface area contributed by atoms with Crippen LogP contribution in [-0.2, 0) is 0 Å². The summed E-state index contributed by atoms with van der Waals surface area (Å²) in [6, 6.07) is 5.54. The molecule has 2 rings (SSSR count). The zero-order chi connectivity index (χ0) is 12.5.